The van der Waals surface area contributed by atoms with Crippen LogP contribution in [0, 0.1) is 0 Å². The number of hydrazine groups is 4. The van der Waals surface area contributed by atoms with E-state index in [1.54, 1.807) is 32.6 Å². The molecule has 39 heavy (non-hydrogen) atoms. The third kappa shape index (κ3) is 10.3. The first-order valence-electron chi connectivity index (χ1n) is 10.3. The van der Waals surface area contributed by atoms with E-state index in [9.17, 15) is 0 Å². The molecule has 0 bridgehead atoms. The summed E-state index contributed by atoms with van der Waals surface area (Å²) in [4.78, 5) is 8.43. The minimum absolute atomic E-state index is 0.252. The molecule has 0 radical (unpaired) electrons. The molecule has 2 aromatic rings. The molecule has 2 aromatic heterocycles. The van der Waals surface area contributed by atoms with E-state index < -0.39 is 18.5 Å². The number of thiol groups is 2. The summed E-state index contributed by atoms with van der Waals surface area (Å²) >= 11 is 40.1. The van der Waals surface area contributed by atoms with Gasteiger partial charge in [0.1, 0.15) is 0 Å². The Morgan fingerprint density at radius 3 is 1.38 bits per heavy atom. The van der Waals surface area contributed by atoms with Gasteiger partial charge in [0.25, 0.3) is 0 Å². The minimum atomic E-state index is -2.03. The monoisotopic (exact) mass is 796 g/mol. The van der Waals surface area contributed by atoms with Crippen LogP contribution >= 0.6 is 96.8 Å². The van der Waals surface area contributed by atoms with Gasteiger partial charge in [-0.3, -0.25) is 10.0 Å². The molecule has 21 heteroatoms. The zero-order valence-electron chi connectivity index (χ0n) is 19.4. The number of anilines is 2. The van der Waals surface area contributed by atoms with Crippen LogP contribution in [0.5, 0.6) is 0 Å². The van der Waals surface area contributed by atoms with Gasteiger partial charge >= 0.3 is 25.3 Å². The summed E-state index contributed by atoms with van der Waals surface area (Å²) in [5.41, 5.74) is 0. The number of thiazole rings is 2. The van der Waals surface area contributed by atoms with E-state index in [1.165, 1.54) is 22.7 Å². The van der Waals surface area contributed by atoms with Crippen molar-refractivity contribution in [3.05, 3.63) is 47.7 Å². The molecule has 10 nitrogen and oxygen atoms in total. The molecular formula is C18H18MoN8O2S10. The summed E-state index contributed by atoms with van der Waals surface area (Å²) < 4.78 is 18.2. The Labute approximate surface area is 285 Å². The van der Waals surface area contributed by atoms with Crippen molar-refractivity contribution in [2.45, 2.75) is 12.8 Å². The van der Waals surface area contributed by atoms with E-state index in [1.807, 2.05) is 45.3 Å². The Hall–Kier alpha value is -0.672. The Bertz CT molecular complexity index is 1130. The first-order valence-corrected chi connectivity index (χ1v) is 17.0. The molecule has 0 aromatic carbocycles. The molecule has 0 fully saturated rings. The van der Waals surface area contributed by atoms with Crippen LogP contribution in [0.2, 0.25) is 0 Å². The molecule has 208 valence electrons. The number of hydrogen-bond donors (Lipinski definition) is 2. The van der Waals surface area contributed by atoms with E-state index in [-0.39, 0.29) is 8.64 Å². The van der Waals surface area contributed by atoms with Gasteiger partial charge in [0.05, 0.1) is 0 Å². The predicted octanol–water partition coefficient (Wildman–Crippen LogP) is 4.45. The third-order valence-electron chi connectivity index (χ3n) is 4.36. The van der Waals surface area contributed by atoms with Crippen molar-refractivity contribution < 1.29 is 25.3 Å². The number of thiocarbonyl (C=S) groups is 4. The second-order valence-electron chi connectivity index (χ2n) is 6.67. The fourth-order valence-corrected chi connectivity index (χ4v) is 5.94. The van der Waals surface area contributed by atoms with Gasteiger partial charge in [-0.1, -0.05) is 12.2 Å². The summed E-state index contributed by atoms with van der Waals surface area (Å²) in [5.74, 6) is 0. The van der Waals surface area contributed by atoms with Gasteiger partial charge in [0.15, 0.2) is 8.64 Å². The van der Waals surface area contributed by atoms with Crippen molar-refractivity contribution in [3.63, 3.8) is 0 Å². The molecule has 0 N–H and O–H groups in total. The Morgan fingerprint density at radius 1 is 0.821 bits per heavy atom. The van der Waals surface area contributed by atoms with Crippen molar-refractivity contribution in [3.8, 4) is 0 Å². The molecule has 0 spiro atoms. The Morgan fingerprint density at radius 2 is 1.18 bits per heavy atom. The molecule has 0 unspecified atom stereocenters. The average molecular weight is 795 g/mol. The zero-order valence-corrected chi connectivity index (χ0v) is 29.7. The molecule has 2 aliphatic heterocycles. The van der Waals surface area contributed by atoms with Crippen molar-refractivity contribution in [2.75, 3.05) is 23.1 Å². The summed E-state index contributed by atoms with van der Waals surface area (Å²) in [6.07, 6.45) is 13.2. The van der Waals surface area contributed by atoms with Crippen molar-refractivity contribution in [2.24, 2.45) is 0 Å². The van der Waals surface area contributed by atoms with Crippen LogP contribution in [0.25, 0.3) is 0 Å². The molecule has 4 heterocycles. The standard InChI is InChI=1S/2C9H10N4S5.Mo.2O/c2*14-8(15)12(7-10-3-6-18-7)13(9(16)17)11-4-1-2-5-11;;;/h2*1,3-4,6H,2,5H2,(H,14,15)(H,16,17);;;/q;;+2;;/p-2. The number of rotatable bonds is 4. The first kappa shape index (κ1) is 34.5. The van der Waals surface area contributed by atoms with Crippen LogP contribution in [-0.2, 0) is 50.5 Å². The second-order valence-corrected chi connectivity index (χ2v) is 13.0. The van der Waals surface area contributed by atoms with E-state index >= 15 is 0 Å². The van der Waals surface area contributed by atoms with E-state index in [0.29, 0.717) is 18.9 Å². The maximum absolute atomic E-state index is 8.50. The average Bonchev–Trinajstić information content (AvgIpc) is 3.70. The molecule has 0 saturated heterocycles. The van der Waals surface area contributed by atoms with Crippen molar-refractivity contribution in [1.82, 2.24) is 30.2 Å². The molecule has 2 aliphatic rings. The predicted molar refractivity (Wildman–Crippen MR) is 178 cm³/mol. The van der Waals surface area contributed by atoms with Crippen molar-refractivity contribution in [1.29, 1.82) is 0 Å². The van der Waals surface area contributed by atoms with Crippen LogP contribution < -0.4 is 10.0 Å². The van der Waals surface area contributed by atoms with Gasteiger partial charge in [-0.15, -0.1) is 47.9 Å². The quantitative estimate of drug-likeness (QED) is 0.150. The molecule has 0 atom stereocenters. The molecule has 4 rings (SSSR count). The van der Waals surface area contributed by atoms with Crippen LogP contribution in [0.4, 0.5) is 10.3 Å². The van der Waals surface area contributed by atoms with Gasteiger partial charge in [-0.2, -0.15) is 10.2 Å². The van der Waals surface area contributed by atoms with E-state index in [2.05, 4.69) is 35.2 Å². The summed E-state index contributed by atoms with van der Waals surface area (Å²) in [6, 6.07) is 0. The van der Waals surface area contributed by atoms with Gasteiger partial charge in [-0.05, 0) is 45.9 Å². The first-order chi connectivity index (χ1) is 18.6. The number of aromatic nitrogens is 2. The fourth-order valence-electron chi connectivity index (χ4n) is 3.01. The molecule has 0 amide bonds. The fraction of sp³-hybridized carbons (Fsp3) is 0.222. The number of nitrogens with zero attached hydrogens (tertiary/aromatic N) is 8. The van der Waals surface area contributed by atoms with Gasteiger partial charge < -0.3 is 49.7 Å². The van der Waals surface area contributed by atoms with Gasteiger partial charge in [-0.25, -0.2) is 20.0 Å². The molecule has 0 aliphatic carbocycles. The van der Waals surface area contributed by atoms with E-state index in [4.69, 9.17) is 80.9 Å². The van der Waals surface area contributed by atoms with E-state index in [0.717, 1.165) is 25.9 Å². The van der Waals surface area contributed by atoms with Gasteiger partial charge in [0, 0.05) is 48.6 Å². The SMILES string of the molecule is S=C([S-])N(c1nccs1)N(C(=S)S)N1C=CCC1.S=C([S-])N(c1nccs1)N(C(=S)S)N1C=CCC1.[O]=[Mo+2]=[O]. The Kier molecular flexibility index (Phi) is 15.9. The summed E-state index contributed by atoms with van der Waals surface area (Å²) in [6.45, 7) is 1.61. The normalized spacial score (nSPS) is 12.9. The molecule has 0 saturated carbocycles. The van der Waals surface area contributed by atoms with Crippen LogP contribution in [0.15, 0.2) is 47.7 Å². The summed E-state index contributed by atoms with van der Waals surface area (Å²) in [7, 11) is 0. The van der Waals surface area contributed by atoms with Crippen molar-refractivity contribution >= 4 is 150 Å². The summed E-state index contributed by atoms with van der Waals surface area (Å²) in [5, 5.41) is 15.4. The molecular weight excluding hydrogens is 777 g/mol. The zero-order chi connectivity index (χ0) is 28.9. The van der Waals surface area contributed by atoms with Crippen LogP contribution in [-0.4, -0.2) is 60.6 Å². The maximum atomic E-state index is 8.50. The van der Waals surface area contributed by atoms with Crippen LogP contribution in [0.3, 0.4) is 0 Å². The van der Waals surface area contributed by atoms with Gasteiger partial charge in [0.2, 0.25) is 10.3 Å². The van der Waals surface area contributed by atoms with Crippen LogP contribution in [0.1, 0.15) is 12.8 Å². The topological polar surface area (TPSA) is 79.4 Å². The number of hydrogen-bond acceptors (Lipinski definition) is 14. The Balaban J connectivity index is 0.000000249. The second kappa shape index (κ2) is 18.0. The third-order valence-corrected chi connectivity index (χ3v) is 7.23.